The second kappa shape index (κ2) is 8.13. The Bertz CT molecular complexity index is 406. The number of amides is 2. The van der Waals surface area contributed by atoms with E-state index in [1.807, 2.05) is 9.80 Å². The smallest absolute Gasteiger partial charge is 0.236 e. The molecule has 0 unspecified atom stereocenters. The SMILES string of the molecule is O=C(CC1CCCC1)N1CCN(CC(=O)N2CCCCC2)CC1. The van der Waals surface area contributed by atoms with Gasteiger partial charge in [0.15, 0.2) is 0 Å². The molecule has 2 heterocycles. The highest BCUT2D eigenvalue weighted by Gasteiger charge is 2.26. The van der Waals surface area contributed by atoms with Crippen LogP contribution < -0.4 is 0 Å². The molecule has 0 radical (unpaired) electrons. The number of likely N-dealkylation sites (tertiary alicyclic amines) is 1. The topological polar surface area (TPSA) is 43.9 Å². The van der Waals surface area contributed by atoms with Crippen molar-refractivity contribution in [1.29, 1.82) is 0 Å². The average molecular weight is 321 g/mol. The second-order valence-corrected chi connectivity index (χ2v) is 7.45. The standard InChI is InChI=1S/C18H31N3O2/c22-17(14-16-6-2-3-7-16)21-12-10-19(11-13-21)15-18(23)20-8-4-1-5-9-20/h16H,1-15H2. The Morgan fingerprint density at radius 2 is 1.30 bits per heavy atom. The summed E-state index contributed by atoms with van der Waals surface area (Å²) in [7, 11) is 0. The Hall–Kier alpha value is -1.10. The van der Waals surface area contributed by atoms with Crippen molar-refractivity contribution in [2.24, 2.45) is 5.92 Å². The molecule has 2 amide bonds. The largest absolute Gasteiger partial charge is 0.342 e. The Labute approximate surface area is 140 Å². The molecule has 3 aliphatic rings. The van der Waals surface area contributed by atoms with Crippen LogP contribution >= 0.6 is 0 Å². The third-order valence-electron chi connectivity index (χ3n) is 5.73. The van der Waals surface area contributed by atoms with E-state index in [1.165, 1.54) is 32.1 Å². The van der Waals surface area contributed by atoms with Gasteiger partial charge in [-0.1, -0.05) is 12.8 Å². The van der Waals surface area contributed by atoms with Crippen LogP contribution in [0.1, 0.15) is 51.4 Å². The number of rotatable bonds is 4. The van der Waals surface area contributed by atoms with E-state index in [1.54, 1.807) is 0 Å². The minimum absolute atomic E-state index is 0.274. The third-order valence-corrected chi connectivity index (χ3v) is 5.73. The normalized spacial score (nSPS) is 24.2. The monoisotopic (exact) mass is 321 g/mol. The predicted molar refractivity (Wildman–Crippen MR) is 90.0 cm³/mol. The van der Waals surface area contributed by atoms with Gasteiger partial charge in [-0.15, -0.1) is 0 Å². The zero-order chi connectivity index (χ0) is 16.1. The van der Waals surface area contributed by atoms with Crippen molar-refractivity contribution < 1.29 is 9.59 Å². The first kappa shape index (κ1) is 16.7. The molecule has 0 bridgehead atoms. The molecule has 0 aromatic heterocycles. The van der Waals surface area contributed by atoms with Crippen molar-refractivity contribution in [3.05, 3.63) is 0 Å². The first-order chi connectivity index (χ1) is 11.2. The Morgan fingerprint density at radius 3 is 1.96 bits per heavy atom. The summed E-state index contributed by atoms with van der Waals surface area (Å²) in [5.41, 5.74) is 0. The average Bonchev–Trinajstić information content (AvgIpc) is 3.09. The summed E-state index contributed by atoms with van der Waals surface area (Å²) in [4.78, 5) is 30.9. The summed E-state index contributed by atoms with van der Waals surface area (Å²) in [6, 6.07) is 0. The van der Waals surface area contributed by atoms with Gasteiger partial charge in [0.25, 0.3) is 0 Å². The number of piperidine rings is 1. The molecule has 0 N–H and O–H groups in total. The molecule has 3 rings (SSSR count). The lowest BCUT2D eigenvalue weighted by molar-refractivity contribution is -0.136. The summed E-state index contributed by atoms with van der Waals surface area (Å²) in [6.45, 7) is 5.66. The fraction of sp³-hybridized carbons (Fsp3) is 0.889. The van der Waals surface area contributed by atoms with E-state index in [0.29, 0.717) is 18.4 Å². The van der Waals surface area contributed by atoms with E-state index in [0.717, 1.165) is 58.5 Å². The van der Waals surface area contributed by atoms with Crippen LogP contribution in [0.25, 0.3) is 0 Å². The maximum Gasteiger partial charge on any atom is 0.236 e. The van der Waals surface area contributed by atoms with Crippen molar-refractivity contribution in [3.63, 3.8) is 0 Å². The summed E-state index contributed by atoms with van der Waals surface area (Å²) in [6.07, 6.45) is 9.35. The lowest BCUT2D eigenvalue weighted by atomic mass is 10.0. The van der Waals surface area contributed by atoms with E-state index in [-0.39, 0.29) is 5.91 Å². The molecular formula is C18H31N3O2. The third kappa shape index (κ3) is 4.69. The van der Waals surface area contributed by atoms with Crippen molar-refractivity contribution in [1.82, 2.24) is 14.7 Å². The number of carbonyl (C=O) groups is 2. The molecule has 5 nitrogen and oxygen atoms in total. The van der Waals surface area contributed by atoms with Crippen LogP contribution in [0.2, 0.25) is 0 Å². The van der Waals surface area contributed by atoms with Gasteiger partial charge in [0.05, 0.1) is 6.54 Å². The molecule has 0 aromatic rings. The highest BCUT2D eigenvalue weighted by atomic mass is 16.2. The Kier molecular flexibility index (Phi) is 5.92. The fourth-order valence-corrected chi connectivity index (χ4v) is 4.18. The molecule has 0 spiro atoms. The van der Waals surface area contributed by atoms with E-state index in [4.69, 9.17) is 0 Å². The summed E-state index contributed by atoms with van der Waals surface area (Å²) < 4.78 is 0. The van der Waals surface area contributed by atoms with Gasteiger partial charge >= 0.3 is 0 Å². The number of hydrogen-bond acceptors (Lipinski definition) is 3. The van der Waals surface area contributed by atoms with E-state index < -0.39 is 0 Å². The van der Waals surface area contributed by atoms with Gasteiger partial charge in [0, 0.05) is 45.7 Å². The molecule has 23 heavy (non-hydrogen) atoms. The minimum atomic E-state index is 0.274. The van der Waals surface area contributed by atoms with Gasteiger partial charge in [-0.3, -0.25) is 14.5 Å². The molecule has 3 fully saturated rings. The zero-order valence-corrected chi connectivity index (χ0v) is 14.3. The first-order valence-electron chi connectivity index (χ1n) is 9.50. The van der Waals surface area contributed by atoms with Gasteiger partial charge in [-0.2, -0.15) is 0 Å². The summed E-state index contributed by atoms with van der Waals surface area (Å²) in [5.74, 6) is 1.23. The van der Waals surface area contributed by atoms with Gasteiger partial charge in [-0.25, -0.2) is 0 Å². The van der Waals surface area contributed by atoms with Crippen LogP contribution in [-0.2, 0) is 9.59 Å². The van der Waals surface area contributed by atoms with Gasteiger partial charge in [0.2, 0.25) is 11.8 Å². The Balaban J connectivity index is 1.37. The van der Waals surface area contributed by atoms with Crippen LogP contribution in [0.5, 0.6) is 0 Å². The zero-order valence-electron chi connectivity index (χ0n) is 14.3. The van der Waals surface area contributed by atoms with Crippen LogP contribution in [-0.4, -0.2) is 72.3 Å². The quantitative estimate of drug-likeness (QED) is 0.792. The molecule has 130 valence electrons. The highest BCUT2D eigenvalue weighted by molar-refractivity contribution is 5.78. The van der Waals surface area contributed by atoms with Crippen molar-refractivity contribution in [3.8, 4) is 0 Å². The lowest BCUT2D eigenvalue weighted by Crippen LogP contribution is -2.52. The predicted octanol–water partition coefficient (Wildman–Crippen LogP) is 1.72. The van der Waals surface area contributed by atoms with Crippen molar-refractivity contribution >= 4 is 11.8 Å². The molecule has 1 aliphatic carbocycles. The maximum absolute atomic E-state index is 12.4. The van der Waals surface area contributed by atoms with Crippen LogP contribution in [0, 0.1) is 5.92 Å². The number of carbonyl (C=O) groups excluding carboxylic acids is 2. The highest BCUT2D eigenvalue weighted by Crippen LogP contribution is 2.28. The number of nitrogens with zero attached hydrogens (tertiary/aromatic N) is 3. The van der Waals surface area contributed by atoms with Gasteiger partial charge in [0.1, 0.15) is 0 Å². The summed E-state index contributed by atoms with van der Waals surface area (Å²) >= 11 is 0. The molecule has 2 aliphatic heterocycles. The van der Waals surface area contributed by atoms with Crippen molar-refractivity contribution in [2.45, 2.75) is 51.4 Å². The van der Waals surface area contributed by atoms with E-state index in [9.17, 15) is 9.59 Å². The van der Waals surface area contributed by atoms with E-state index in [2.05, 4.69) is 4.90 Å². The molecule has 1 saturated carbocycles. The Morgan fingerprint density at radius 1 is 0.696 bits per heavy atom. The molecular weight excluding hydrogens is 290 g/mol. The second-order valence-electron chi connectivity index (χ2n) is 7.45. The maximum atomic E-state index is 12.4. The van der Waals surface area contributed by atoms with Crippen LogP contribution in [0.3, 0.4) is 0 Å². The van der Waals surface area contributed by atoms with Crippen LogP contribution in [0.15, 0.2) is 0 Å². The van der Waals surface area contributed by atoms with Crippen LogP contribution in [0.4, 0.5) is 0 Å². The van der Waals surface area contributed by atoms with Gasteiger partial charge in [-0.05, 0) is 38.0 Å². The molecule has 0 aromatic carbocycles. The fourth-order valence-electron chi connectivity index (χ4n) is 4.18. The molecule has 0 atom stereocenters. The minimum Gasteiger partial charge on any atom is -0.342 e. The number of hydrogen-bond donors (Lipinski definition) is 0. The first-order valence-corrected chi connectivity index (χ1v) is 9.50. The van der Waals surface area contributed by atoms with Crippen molar-refractivity contribution in [2.75, 3.05) is 45.8 Å². The van der Waals surface area contributed by atoms with E-state index >= 15 is 0 Å². The molecule has 2 saturated heterocycles. The number of piperazine rings is 1. The van der Waals surface area contributed by atoms with Gasteiger partial charge < -0.3 is 9.80 Å². The lowest BCUT2D eigenvalue weighted by Gasteiger charge is -2.36. The summed E-state index contributed by atoms with van der Waals surface area (Å²) in [5, 5.41) is 0. The molecule has 5 heteroatoms.